The van der Waals surface area contributed by atoms with Crippen molar-refractivity contribution in [1.82, 2.24) is 10.2 Å². The molecule has 26 heavy (non-hydrogen) atoms. The molecule has 1 aliphatic heterocycles. The number of anilines is 1. The summed E-state index contributed by atoms with van der Waals surface area (Å²) in [5.74, 6) is 0. The van der Waals surface area contributed by atoms with Crippen LogP contribution < -0.4 is 10.0 Å². The lowest BCUT2D eigenvalue weighted by atomic mass is 10.1. The fourth-order valence-electron chi connectivity index (χ4n) is 3.10. The van der Waals surface area contributed by atoms with Crippen molar-refractivity contribution >= 4 is 15.7 Å². The van der Waals surface area contributed by atoms with Crippen molar-refractivity contribution in [2.24, 2.45) is 0 Å². The van der Waals surface area contributed by atoms with E-state index in [1.165, 1.54) is 12.8 Å². The van der Waals surface area contributed by atoms with Gasteiger partial charge in [0, 0.05) is 18.3 Å². The van der Waals surface area contributed by atoms with Crippen molar-refractivity contribution in [2.45, 2.75) is 37.2 Å². The third kappa shape index (κ3) is 5.06. The van der Waals surface area contributed by atoms with E-state index in [0.717, 1.165) is 30.8 Å². The highest BCUT2D eigenvalue weighted by molar-refractivity contribution is 7.92. The first-order valence-electron chi connectivity index (χ1n) is 9.03. The zero-order valence-corrected chi connectivity index (χ0v) is 16.2. The Labute approximate surface area is 156 Å². The second-order valence-electron chi connectivity index (χ2n) is 7.07. The van der Waals surface area contributed by atoms with E-state index in [1.54, 1.807) is 24.3 Å². The zero-order chi connectivity index (χ0) is 18.6. The van der Waals surface area contributed by atoms with Crippen molar-refractivity contribution < 1.29 is 8.42 Å². The van der Waals surface area contributed by atoms with E-state index in [2.05, 4.69) is 22.0 Å². The van der Waals surface area contributed by atoms with Crippen LogP contribution in [0, 0.1) is 6.92 Å². The number of sulfonamides is 1. The van der Waals surface area contributed by atoms with Gasteiger partial charge in [0.15, 0.2) is 0 Å². The number of hydrogen-bond acceptors (Lipinski definition) is 4. The Hall–Kier alpha value is -1.89. The second-order valence-corrected chi connectivity index (χ2v) is 8.76. The minimum absolute atomic E-state index is 0.274. The Morgan fingerprint density at radius 1 is 1.00 bits per heavy atom. The lowest BCUT2D eigenvalue weighted by Crippen LogP contribution is -2.40. The highest BCUT2D eigenvalue weighted by Gasteiger charge is 2.16. The molecule has 1 saturated heterocycles. The molecule has 3 rings (SSSR count). The lowest BCUT2D eigenvalue weighted by Gasteiger charge is -2.29. The monoisotopic (exact) mass is 373 g/mol. The SMILES string of the molecule is Cc1ccc(S(=O)(=O)Nc2ccc(CNC3CCN(C)CC3)cc2)cc1. The van der Waals surface area contributed by atoms with Crippen LogP contribution >= 0.6 is 0 Å². The van der Waals surface area contributed by atoms with Crippen LogP contribution in [-0.2, 0) is 16.6 Å². The summed E-state index contributed by atoms with van der Waals surface area (Å²) in [6.07, 6.45) is 2.34. The van der Waals surface area contributed by atoms with Crippen molar-refractivity contribution in [3.8, 4) is 0 Å². The molecule has 0 spiro atoms. The Balaban J connectivity index is 1.56. The summed E-state index contributed by atoms with van der Waals surface area (Å²) < 4.78 is 27.5. The van der Waals surface area contributed by atoms with Crippen LogP contribution in [0.5, 0.6) is 0 Å². The summed E-state index contributed by atoms with van der Waals surface area (Å²) in [5.41, 5.74) is 2.77. The van der Waals surface area contributed by atoms with Crippen LogP contribution in [0.25, 0.3) is 0 Å². The van der Waals surface area contributed by atoms with Gasteiger partial charge in [-0.1, -0.05) is 29.8 Å². The quantitative estimate of drug-likeness (QED) is 0.817. The first-order chi connectivity index (χ1) is 12.4. The summed E-state index contributed by atoms with van der Waals surface area (Å²) in [7, 11) is -1.39. The fraction of sp³-hybridized carbons (Fsp3) is 0.400. The van der Waals surface area contributed by atoms with Gasteiger partial charge >= 0.3 is 0 Å². The summed E-state index contributed by atoms with van der Waals surface area (Å²) in [6.45, 7) is 5.01. The van der Waals surface area contributed by atoms with E-state index < -0.39 is 10.0 Å². The van der Waals surface area contributed by atoms with E-state index in [9.17, 15) is 8.42 Å². The molecule has 2 aromatic rings. The van der Waals surface area contributed by atoms with Crippen LogP contribution in [0.2, 0.25) is 0 Å². The average Bonchev–Trinajstić information content (AvgIpc) is 2.62. The molecule has 0 unspecified atom stereocenters. The summed E-state index contributed by atoms with van der Waals surface area (Å²) >= 11 is 0. The predicted molar refractivity (Wildman–Crippen MR) is 106 cm³/mol. The minimum Gasteiger partial charge on any atom is -0.310 e. The van der Waals surface area contributed by atoms with E-state index in [-0.39, 0.29) is 4.90 Å². The van der Waals surface area contributed by atoms with E-state index in [0.29, 0.717) is 11.7 Å². The molecule has 0 radical (unpaired) electrons. The summed E-state index contributed by atoms with van der Waals surface area (Å²) in [6, 6.07) is 15.0. The number of nitrogens with one attached hydrogen (secondary N) is 2. The van der Waals surface area contributed by atoms with Gasteiger partial charge in [-0.25, -0.2) is 8.42 Å². The van der Waals surface area contributed by atoms with Crippen LogP contribution in [0.1, 0.15) is 24.0 Å². The van der Waals surface area contributed by atoms with Gasteiger partial charge in [-0.05, 0) is 69.7 Å². The maximum absolute atomic E-state index is 12.4. The molecule has 2 N–H and O–H groups in total. The molecule has 1 fully saturated rings. The molecule has 1 aliphatic rings. The van der Waals surface area contributed by atoms with Gasteiger partial charge in [-0.15, -0.1) is 0 Å². The minimum atomic E-state index is -3.55. The number of rotatable bonds is 6. The number of hydrogen-bond donors (Lipinski definition) is 2. The molecule has 0 atom stereocenters. The van der Waals surface area contributed by atoms with Crippen LogP contribution in [0.4, 0.5) is 5.69 Å². The summed E-state index contributed by atoms with van der Waals surface area (Å²) in [4.78, 5) is 2.63. The van der Waals surface area contributed by atoms with Crippen molar-refractivity contribution in [3.63, 3.8) is 0 Å². The molecule has 0 aliphatic carbocycles. The maximum Gasteiger partial charge on any atom is 0.261 e. The number of benzene rings is 2. The van der Waals surface area contributed by atoms with Crippen molar-refractivity contribution in [3.05, 3.63) is 59.7 Å². The Bertz CT molecular complexity index is 809. The number of nitrogens with zero attached hydrogens (tertiary/aromatic N) is 1. The molecule has 0 saturated carbocycles. The second kappa shape index (κ2) is 8.20. The van der Waals surface area contributed by atoms with Gasteiger partial charge in [-0.3, -0.25) is 4.72 Å². The average molecular weight is 374 g/mol. The van der Waals surface area contributed by atoms with Gasteiger partial charge in [0.05, 0.1) is 4.90 Å². The Morgan fingerprint density at radius 3 is 2.23 bits per heavy atom. The Morgan fingerprint density at radius 2 is 1.62 bits per heavy atom. The van der Waals surface area contributed by atoms with Gasteiger partial charge in [0.25, 0.3) is 10.0 Å². The molecular weight excluding hydrogens is 346 g/mol. The zero-order valence-electron chi connectivity index (χ0n) is 15.4. The van der Waals surface area contributed by atoms with Gasteiger partial charge < -0.3 is 10.2 Å². The predicted octanol–water partition coefficient (Wildman–Crippen LogP) is 2.98. The van der Waals surface area contributed by atoms with E-state index in [4.69, 9.17) is 0 Å². The highest BCUT2D eigenvalue weighted by Crippen LogP contribution is 2.17. The Kier molecular flexibility index (Phi) is 5.96. The number of aryl methyl sites for hydroxylation is 1. The molecule has 2 aromatic carbocycles. The van der Waals surface area contributed by atoms with Crippen LogP contribution in [0.15, 0.2) is 53.4 Å². The highest BCUT2D eigenvalue weighted by atomic mass is 32.2. The topological polar surface area (TPSA) is 61.4 Å². The molecule has 0 aromatic heterocycles. The standard InChI is InChI=1S/C20H27N3O2S/c1-16-3-9-20(10-4-16)26(24,25)22-19-7-5-17(6-8-19)15-21-18-11-13-23(2)14-12-18/h3-10,18,21-22H,11-15H2,1-2H3. The number of likely N-dealkylation sites (tertiary alicyclic amines) is 1. The fourth-order valence-corrected chi connectivity index (χ4v) is 4.16. The van der Waals surface area contributed by atoms with Crippen LogP contribution in [0.3, 0.4) is 0 Å². The van der Waals surface area contributed by atoms with Crippen LogP contribution in [-0.4, -0.2) is 39.5 Å². The molecule has 140 valence electrons. The smallest absolute Gasteiger partial charge is 0.261 e. The normalized spacial score (nSPS) is 16.5. The van der Waals surface area contributed by atoms with E-state index >= 15 is 0 Å². The molecule has 5 nitrogen and oxygen atoms in total. The molecular formula is C20H27N3O2S. The van der Waals surface area contributed by atoms with Crippen molar-refractivity contribution in [2.75, 3.05) is 24.9 Å². The molecule has 6 heteroatoms. The lowest BCUT2D eigenvalue weighted by molar-refractivity contribution is 0.234. The van der Waals surface area contributed by atoms with Gasteiger partial charge in [-0.2, -0.15) is 0 Å². The summed E-state index contributed by atoms with van der Waals surface area (Å²) in [5, 5.41) is 3.59. The third-order valence-corrected chi connectivity index (χ3v) is 6.25. The third-order valence-electron chi connectivity index (χ3n) is 4.85. The maximum atomic E-state index is 12.4. The largest absolute Gasteiger partial charge is 0.310 e. The number of piperidine rings is 1. The molecule has 1 heterocycles. The first kappa shape index (κ1) is 18.9. The molecule has 0 bridgehead atoms. The van der Waals surface area contributed by atoms with Gasteiger partial charge in [0.1, 0.15) is 0 Å². The van der Waals surface area contributed by atoms with Gasteiger partial charge in [0.2, 0.25) is 0 Å². The van der Waals surface area contributed by atoms with E-state index in [1.807, 2.05) is 31.2 Å². The first-order valence-corrected chi connectivity index (χ1v) is 10.5. The van der Waals surface area contributed by atoms with Crippen molar-refractivity contribution in [1.29, 1.82) is 0 Å². The molecule has 0 amide bonds.